The van der Waals surface area contributed by atoms with Crippen LogP contribution in [0.5, 0.6) is 0 Å². The number of hydrogen-bond donors (Lipinski definition) is 1. The zero-order chi connectivity index (χ0) is 21.0. The van der Waals surface area contributed by atoms with Gasteiger partial charge in [0.15, 0.2) is 0 Å². The van der Waals surface area contributed by atoms with Crippen LogP contribution in [0.4, 0.5) is 10.1 Å². The van der Waals surface area contributed by atoms with Gasteiger partial charge in [0, 0.05) is 22.8 Å². The maximum absolute atomic E-state index is 14.1. The molecule has 0 aromatic heterocycles. The standard InChI is InChI=1S/C21H20ClFN2O4/c1-29-21(28)18-7-4-8-25(18)20(27)14-9-15(23)12-16(10-14)24-19(26)11-13-5-2-3-6-17(13)22/h2-3,5-6,9-10,12,18H,4,7-8,11H2,1H3,(H,24,26)/t18-/m0/s1. The van der Waals surface area contributed by atoms with E-state index in [0.717, 1.165) is 12.1 Å². The molecule has 0 spiro atoms. The molecule has 152 valence electrons. The maximum Gasteiger partial charge on any atom is 0.328 e. The molecule has 0 saturated carbocycles. The zero-order valence-corrected chi connectivity index (χ0v) is 16.5. The van der Waals surface area contributed by atoms with Gasteiger partial charge in [-0.3, -0.25) is 9.59 Å². The van der Waals surface area contributed by atoms with E-state index in [1.165, 1.54) is 18.1 Å². The molecular weight excluding hydrogens is 399 g/mol. The third-order valence-corrected chi connectivity index (χ3v) is 5.09. The minimum absolute atomic E-state index is 0.00993. The van der Waals surface area contributed by atoms with Gasteiger partial charge in [-0.2, -0.15) is 0 Å². The Balaban J connectivity index is 1.76. The number of likely N-dealkylation sites (tertiary alicyclic amines) is 1. The van der Waals surface area contributed by atoms with Crippen LogP contribution in [0.3, 0.4) is 0 Å². The number of nitrogens with zero attached hydrogens (tertiary/aromatic N) is 1. The van der Waals surface area contributed by atoms with E-state index in [-0.39, 0.29) is 17.7 Å². The number of halogens is 2. The summed E-state index contributed by atoms with van der Waals surface area (Å²) >= 11 is 6.06. The summed E-state index contributed by atoms with van der Waals surface area (Å²) < 4.78 is 18.8. The van der Waals surface area contributed by atoms with Gasteiger partial charge in [-0.15, -0.1) is 0 Å². The number of ether oxygens (including phenoxy) is 1. The van der Waals surface area contributed by atoms with Crippen molar-refractivity contribution >= 4 is 35.1 Å². The monoisotopic (exact) mass is 418 g/mol. The molecule has 1 N–H and O–H groups in total. The third-order valence-electron chi connectivity index (χ3n) is 4.72. The SMILES string of the molecule is COC(=O)[C@@H]1CCCN1C(=O)c1cc(F)cc(NC(=O)Cc2ccccc2Cl)c1. The lowest BCUT2D eigenvalue weighted by molar-refractivity contribution is -0.145. The molecule has 2 amide bonds. The largest absolute Gasteiger partial charge is 0.467 e. The van der Waals surface area contributed by atoms with Crippen molar-refractivity contribution in [3.8, 4) is 0 Å². The summed E-state index contributed by atoms with van der Waals surface area (Å²) in [5.74, 6) is -2.05. The average molecular weight is 419 g/mol. The summed E-state index contributed by atoms with van der Waals surface area (Å²) in [5, 5.41) is 3.05. The Labute approximate surface area is 172 Å². The van der Waals surface area contributed by atoms with E-state index in [1.807, 2.05) is 0 Å². The second-order valence-electron chi connectivity index (χ2n) is 6.72. The van der Waals surface area contributed by atoms with Gasteiger partial charge >= 0.3 is 5.97 Å². The molecule has 29 heavy (non-hydrogen) atoms. The molecule has 3 rings (SSSR count). The van der Waals surface area contributed by atoms with Gasteiger partial charge in [0.05, 0.1) is 13.5 Å². The maximum atomic E-state index is 14.1. The molecule has 0 radical (unpaired) electrons. The number of benzene rings is 2. The van der Waals surface area contributed by atoms with Gasteiger partial charge in [-0.05, 0) is 42.7 Å². The highest BCUT2D eigenvalue weighted by Crippen LogP contribution is 2.24. The fraction of sp³-hybridized carbons (Fsp3) is 0.286. The van der Waals surface area contributed by atoms with Crippen LogP contribution in [0.15, 0.2) is 42.5 Å². The second-order valence-corrected chi connectivity index (χ2v) is 7.13. The number of methoxy groups -OCH3 is 1. The molecule has 1 aliphatic rings. The van der Waals surface area contributed by atoms with Gasteiger partial charge in [-0.1, -0.05) is 29.8 Å². The Morgan fingerprint density at radius 3 is 2.72 bits per heavy atom. The van der Waals surface area contributed by atoms with E-state index in [0.29, 0.717) is 30.0 Å². The van der Waals surface area contributed by atoms with Gasteiger partial charge < -0.3 is 15.0 Å². The van der Waals surface area contributed by atoms with Crippen LogP contribution in [0.25, 0.3) is 0 Å². The molecule has 2 aromatic carbocycles. The number of carbonyl (C=O) groups excluding carboxylic acids is 3. The van der Waals surface area contributed by atoms with E-state index in [4.69, 9.17) is 16.3 Å². The number of hydrogen-bond acceptors (Lipinski definition) is 4. The summed E-state index contributed by atoms with van der Waals surface area (Å²) in [6.07, 6.45) is 1.16. The predicted octanol–water partition coefficient (Wildman–Crippen LogP) is 3.44. The molecule has 1 saturated heterocycles. The lowest BCUT2D eigenvalue weighted by Crippen LogP contribution is -2.41. The normalized spacial score (nSPS) is 15.8. The van der Waals surface area contributed by atoms with E-state index in [1.54, 1.807) is 24.3 Å². The predicted molar refractivity (Wildman–Crippen MR) is 106 cm³/mol. The van der Waals surface area contributed by atoms with Crippen molar-refractivity contribution in [3.05, 3.63) is 64.4 Å². The van der Waals surface area contributed by atoms with Crippen LogP contribution >= 0.6 is 11.6 Å². The highest BCUT2D eigenvalue weighted by molar-refractivity contribution is 6.31. The quantitative estimate of drug-likeness (QED) is 0.755. The van der Waals surface area contributed by atoms with Crippen LogP contribution in [-0.2, 0) is 20.7 Å². The van der Waals surface area contributed by atoms with Crippen molar-refractivity contribution in [1.29, 1.82) is 0 Å². The molecule has 6 nitrogen and oxygen atoms in total. The molecule has 0 aliphatic carbocycles. The Kier molecular flexibility index (Phi) is 6.49. The summed E-state index contributed by atoms with van der Waals surface area (Å²) in [7, 11) is 1.26. The average Bonchev–Trinajstić information content (AvgIpc) is 3.18. The van der Waals surface area contributed by atoms with Crippen molar-refractivity contribution in [2.75, 3.05) is 19.0 Å². The van der Waals surface area contributed by atoms with Crippen molar-refractivity contribution in [1.82, 2.24) is 4.90 Å². The van der Waals surface area contributed by atoms with E-state index < -0.39 is 29.6 Å². The Hall–Kier alpha value is -2.93. The molecule has 1 fully saturated rings. The van der Waals surface area contributed by atoms with Crippen molar-refractivity contribution in [2.24, 2.45) is 0 Å². The highest BCUT2D eigenvalue weighted by atomic mass is 35.5. The first-order valence-electron chi connectivity index (χ1n) is 9.11. The Bertz CT molecular complexity index is 950. The zero-order valence-electron chi connectivity index (χ0n) is 15.8. The number of carbonyl (C=O) groups is 3. The van der Waals surface area contributed by atoms with Crippen LogP contribution in [0.1, 0.15) is 28.8 Å². The number of nitrogens with one attached hydrogen (secondary N) is 1. The Morgan fingerprint density at radius 1 is 1.24 bits per heavy atom. The summed E-state index contributed by atoms with van der Waals surface area (Å²) in [5.41, 5.74) is 0.838. The van der Waals surface area contributed by atoms with Crippen molar-refractivity contribution in [3.63, 3.8) is 0 Å². The minimum atomic E-state index is -0.686. The second kappa shape index (κ2) is 9.05. The number of esters is 1. The lowest BCUT2D eigenvalue weighted by Gasteiger charge is -2.23. The minimum Gasteiger partial charge on any atom is -0.467 e. The van der Waals surface area contributed by atoms with Crippen molar-refractivity contribution in [2.45, 2.75) is 25.3 Å². The first-order chi connectivity index (χ1) is 13.9. The van der Waals surface area contributed by atoms with E-state index in [9.17, 15) is 18.8 Å². The van der Waals surface area contributed by atoms with Crippen LogP contribution < -0.4 is 5.32 Å². The smallest absolute Gasteiger partial charge is 0.328 e. The number of anilines is 1. The number of rotatable bonds is 5. The fourth-order valence-corrected chi connectivity index (χ4v) is 3.56. The Morgan fingerprint density at radius 2 is 2.00 bits per heavy atom. The first-order valence-corrected chi connectivity index (χ1v) is 9.49. The van der Waals surface area contributed by atoms with Crippen molar-refractivity contribution < 1.29 is 23.5 Å². The van der Waals surface area contributed by atoms with Gasteiger partial charge in [0.1, 0.15) is 11.9 Å². The topological polar surface area (TPSA) is 75.7 Å². The molecule has 8 heteroatoms. The molecule has 1 atom stereocenters. The van der Waals surface area contributed by atoms with E-state index >= 15 is 0 Å². The summed E-state index contributed by atoms with van der Waals surface area (Å²) in [6, 6.07) is 9.84. The highest BCUT2D eigenvalue weighted by Gasteiger charge is 2.35. The molecule has 2 aromatic rings. The van der Waals surface area contributed by atoms with Crippen LogP contribution in [0, 0.1) is 5.82 Å². The first kappa shape index (κ1) is 20.8. The van der Waals surface area contributed by atoms with Gasteiger partial charge in [0.2, 0.25) is 5.91 Å². The molecular formula is C21H20ClFN2O4. The van der Waals surface area contributed by atoms with Gasteiger partial charge in [-0.25, -0.2) is 9.18 Å². The van der Waals surface area contributed by atoms with E-state index in [2.05, 4.69) is 5.32 Å². The molecule has 1 heterocycles. The number of amides is 2. The molecule has 1 aliphatic heterocycles. The molecule has 0 unspecified atom stereocenters. The molecule has 0 bridgehead atoms. The summed E-state index contributed by atoms with van der Waals surface area (Å²) in [6.45, 7) is 0.378. The fourth-order valence-electron chi connectivity index (χ4n) is 3.36. The van der Waals surface area contributed by atoms with Gasteiger partial charge in [0.25, 0.3) is 5.91 Å². The summed E-state index contributed by atoms with van der Waals surface area (Å²) in [4.78, 5) is 38.4. The van der Waals surface area contributed by atoms with Crippen LogP contribution in [-0.4, -0.2) is 42.4 Å². The lowest BCUT2D eigenvalue weighted by atomic mass is 10.1. The third kappa shape index (κ3) is 4.92. The van der Waals surface area contributed by atoms with Crippen LogP contribution in [0.2, 0.25) is 5.02 Å².